The first kappa shape index (κ1) is 17.3. The average Bonchev–Trinajstić information content (AvgIpc) is 3.20. The van der Waals surface area contributed by atoms with Crippen LogP contribution in [0.1, 0.15) is 16.3 Å². The summed E-state index contributed by atoms with van der Waals surface area (Å²) in [5.41, 5.74) is 1.03. The van der Waals surface area contributed by atoms with Gasteiger partial charge in [-0.1, -0.05) is 29.3 Å². The van der Waals surface area contributed by atoms with E-state index in [1.165, 1.54) is 4.88 Å². The molecule has 0 amide bonds. The van der Waals surface area contributed by atoms with Crippen LogP contribution in [0.15, 0.2) is 36.7 Å². The number of hydrogen-bond acceptors (Lipinski definition) is 5. The highest BCUT2D eigenvalue weighted by Crippen LogP contribution is 2.30. The molecule has 4 rings (SSSR count). The Morgan fingerprint density at radius 3 is 2.69 bits per heavy atom. The van der Waals surface area contributed by atoms with Crippen molar-refractivity contribution in [2.75, 3.05) is 5.32 Å². The normalized spacial score (nSPS) is 11.2. The van der Waals surface area contributed by atoms with E-state index in [1.807, 2.05) is 29.8 Å². The summed E-state index contributed by atoms with van der Waals surface area (Å²) >= 11 is 13.7. The molecule has 1 aromatic carbocycles. The molecule has 0 unspecified atom stereocenters. The second-order valence-electron chi connectivity index (χ2n) is 5.89. The molecule has 3 heterocycles. The zero-order valence-electron chi connectivity index (χ0n) is 14.1. The number of benzene rings is 1. The van der Waals surface area contributed by atoms with Crippen molar-refractivity contribution in [3.8, 4) is 5.95 Å². The Labute approximate surface area is 164 Å². The largest absolute Gasteiger partial charge is 0.365 e. The molecule has 0 radical (unpaired) electrons. The van der Waals surface area contributed by atoms with Crippen molar-refractivity contribution < 1.29 is 0 Å². The van der Waals surface area contributed by atoms with Gasteiger partial charge in [-0.15, -0.1) is 11.3 Å². The molecule has 0 spiro atoms. The summed E-state index contributed by atoms with van der Waals surface area (Å²) in [6.07, 6.45) is 3.60. The first-order valence-electron chi connectivity index (χ1n) is 7.97. The van der Waals surface area contributed by atoms with Gasteiger partial charge in [0.25, 0.3) is 0 Å². The van der Waals surface area contributed by atoms with Gasteiger partial charge in [0.1, 0.15) is 16.5 Å². The lowest BCUT2D eigenvalue weighted by molar-refractivity contribution is 0.893. The Balaban J connectivity index is 1.73. The third-order valence-corrected chi connectivity index (χ3v) is 5.67. The summed E-state index contributed by atoms with van der Waals surface area (Å²) in [7, 11) is 0. The van der Waals surface area contributed by atoms with Crippen molar-refractivity contribution in [2.45, 2.75) is 20.4 Å². The lowest BCUT2D eigenvalue weighted by atomic mass is 10.2. The smallest absolute Gasteiger partial charge is 0.238 e. The number of aromatic nitrogens is 4. The highest BCUT2D eigenvalue weighted by atomic mass is 35.5. The minimum atomic E-state index is 0.542. The molecule has 0 aliphatic carbocycles. The predicted molar refractivity (Wildman–Crippen MR) is 108 cm³/mol. The Hall–Kier alpha value is -2.15. The van der Waals surface area contributed by atoms with E-state index in [0.29, 0.717) is 22.5 Å². The van der Waals surface area contributed by atoms with Crippen LogP contribution in [0.2, 0.25) is 10.0 Å². The fourth-order valence-corrected chi connectivity index (χ4v) is 3.89. The van der Waals surface area contributed by atoms with Gasteiger partial charge in [-0.05, 0) is 37.6 Å². The molecule has 0 aliphatic rings. The van der Waals surface area contributed by atoms with E-state index >= 15 is 0 Å². The Bertz CT molecular complexity index is 1100. The monoisotopic (exact) mass is 403 g/mol. The number of anilines is 1. The first-order valence-corrected chi connectivity index (χ1v) is 9.55. The number of nitrogens with one attached hydrogen (secondary N) is 1. The standard InChI is InChI=1S/C18H15Cl2N5S/c1-10-7-13-16(22-9-12-3-4-14(19)15(20)8-12)23-18(24-17(13)26-10)25-6-5-21-11(25)2/h3-8H,9H2,1-2H3,(H,22,23,24). The summed E-state index contributed by atoms with van der Waals surface area (Å²) in [4.78, 5) is 15.8. The van der Waals surface area contributed by atoms with Gasteiger partial charge in [-0.3, -0.25) is 4.57 Å². The number of rotatable bonds is 4. The molecule has 1 N–H and O–H groups in total. The second-order valence-corrected chi connectivity index (χ2v) is 7.94. The van der Waals surface area contributed by atoms with E-state index in [-0.39, 0.29) is 0 Å². The summed E-state index contributed by atoms with van der Waals surface area (Å²) in [6.45, 7) is 4.58. The fourth-order valence-electron chi connectivity index (χ4n) is 2.70. The van der Waals surface area contributed by atoms with Crippen molar-refractivity contribution in [3.63, 3.8) is 0 Å². The Morgan fingerprint density at radius 1 is 1.12 bits per heavy atom. The second kappa shape index (κ2) is 6.87. The molecule has 0 atom stereocenters. The zero-order chi connectivity index (χ0) is 18.3. The van der Waals surface area contributed by atoms with Crippen LogP contribution in [0.4, 0.5) is 5.82 Å². The third kappa shape index (κ3) is 3.28. The van der Waals surface area contributed by atoms with Gasteiger partial charge < -0.3 is 5.32 Å². The van der Waals surface area contributed by atoms with Gasteiger partial charge in [0.05, 0.1) is 15.4 Å². The Kier molecular flexibility index (Phi) is 4.56. The van der Waals surface area contributed by atoms with Crippen LogP contribution in [-0.2, 0) is 6.54 Å². The van der Waals surface area contributed by atoms with E-state index in [4.69, 9.17) is 33.2 Å². The van der Waals surface area contributed by atoms with Crippen molar-refractivity contribution in [1.82, 2.24) is 19.5 Å². The van der Waals surface area contributed by atoms with Gasteiger partial charge in [0.15, 0.2) is 0 Å². The SMILES string of the molecule is Cc1cc2c(NCc3ccc(Cl)c(Cl)c3)nc(-n3ccnc3C)nc2s1. The summed E-state index contributed by atoms with van der Waals surface area (Å²) in [5, 5.41) is 5.50. The molecule has 0 saturated carbocycles. The molecule has 0 saturated heterocycles. The molecule has 132 valence electrons. The maximum Gasteiger partial charge on any atom is 0.238 e. The highest BCUT2D eigenvalue weighted by molar-refractivity contribution is 7.18. The molecule has 0 aliphatic heterocycles. The molecule has 3 aromatic heterocycles. The summed E-state index contributed by atoms with van der Waals surface area (Å²) in [5.74, 6) is 2.23. The number of aryl methyl sites for hydroxylation is 2. The molecule has 8 heteroatoms. The maximum atomic E-state index is 6.11. The summed E-state index contributed by atoms with van der Waals surface area (Å²) < 4.78 is 1.87. The number of nitrogens with zero attached hydrogens (tertiary/aromatic N) is 4. The van der Waals surface area contributed by atoms with E-state index in [1.54, 1.807) is 23.6 Å². The van der Waals surface area contributed by atoms with E-state index < -0.39 is 0 Å². The molecule has 26 heavy (non-hydrogen) atoms. The lowest BCUT2D eigenvalue weighted by Gasteiger charge is -2.10. The van der Waals surface area contributed by atoms with Crippen LogP contribution < -0.4 is 5.32 Å². The van der Waals surface area contributed by atoms with Gasteiger partial charge >= 0.3 is 0 Å². The quantitative estimate of drug-likeness (QED) is 0.494. The average molecular weight is 404 g/mol. The molecular weight excluding hydrogens is 389 g/mol. The van der Waals surface area contributed by atoms with Crippen LogP contribution in [-0.4, -0.2) is 19.5 Å². The van der Waals surface area contributed by atoms with Crippen LogP contribution in [0.5, 0.6) is 0 Å². The van der Waals surface area contributed by atoms with Crippen LogP contribution >= 0.6 is 34.5 Å². The fraction of sp³-hybridized carbons (Fsp3) is 0.167. The van der Waals surface area contributed by atoms with Gasteiger partial charge in [0.2, 0.25) is 5.95 Å². The predicted octanol–water partition coefficient (Wildman–Crippen LogP) is 5.41. The number of thiophene rings is 1. The van der Waals surface area contributed by atoms with Crippen LogP contribution in [0.3, 0.4) is 0 Å². The van der Waals surface area contributed by atoms with E-state index in [2.05, 4.69) is 23.3 Å². The molecular formula is C18H15Cl2N5S. The van der Waals surface area contributed by atoms with Gasteiger partial charge in [0, 0.05) is 23.8 Å². The first-order chi connectivity index (χ1) is 12.5. The van der Waals surface area contributed by atoms with E-state index in [9.17, 15) is 0 Å². The number of hydrogen-bond donors (Lipinski definition) is 1. The maximum absolute atomic E-state index is 6.11. The van der Waals surface area contributed by atoms with Crippen molar-refractivity contribution in [3.05, 3.63) is 63.0 Å². The van der Waals surface area contributed by atoms with Crippen molar-refractivity contribution in [2.24, 2.45) is 0 Å². The minimum absolute atomic E-state index is 0.542. The van der Waals surface area contributed by atoms with Crippen LogP contribution in [0.25, 0.3) is 16.2 Å². The van der Waals surface area contributed by atoms with Crippen LogP contribution in [0, 0.1) is 13.8 Å². The number of imidazole rings is 1. The molecule has 0 fully saturated rings. The third-order valence-electron chi connectivity index (χ3n) is 3.99. The number of fused-ring (bicyclic) bond motifs is 1. The molecule has 0 bridgehead atoms. The summed E-state index contributed by atoms with van der Waals surface area (Å²) in [6, 6.07) is 7.70. The number of halogens is 2. The Morgan fingerprint density at radius 2 is 1.96 bits per heavy atom. The van der Waals surface area contributed by atoms with Gasteiger partial charge in [-0.25, -0.2) is 9.97 Å². The zero-order valence-corrected chi connectivity index (χ0v) is 16.5. The van der Waals surface area contributed by atoms with Crippen molar-refractivity contribution >= 4 is 50.6 Å². The lowest BCUT2D eigenvalue weighted by Crippen LogP contribution is -2.07. The highest BCUT2D eigenvalue weighted by Gasteiger charge is 2.13. The van der Waals surface area contributed by atoms with Crippen molar-refractivity contribution in [1.29, 1.82) is 0 Å². The van der Waals surface area contributed by atoms with E-state index in [0.717, 1.165) is 27.4 Å². The molecule has 5 nitrogen and oxygen atoms in total. The minimum Gasteiger partial charge on any atom is -0.365 e. The molecule has 4 aromatic rings. The topological polar surface area (TPSA) is 55.6 Å². The van der Waals surface area contributed by atoms with Gasteiger partial charge in [-0.2, -0.15) is 4.98 Å².